The third-order valence-corrected chi connectivity index (χ3v) is 4.24. The van der Waals surface area contributed by atoms with Crippen LogP contribution in [0.1, 0.15) is 18.1 Å². The van der Waals surface area contributed by atoms with Gasteiger partial charge in [0.25, 0.3) is 0 Å². The molecule has 122 valence electrons. The van der Waals surface area contributed by atoms with Gasteiger partial charge in [-0.05, 0) is 43.2 Å². The Hall–Kier alpha value is -3.00. The molecule has 1 atom stereocenters. The Morgan fingerprint density at radius 3 is 2.96 bits per heavy atom. The quantitative estimate of drug-likeness (QED) is 0.909. The highest BCUT2D eigenvalue weighted by atomic mass is 16.2. The van der Waals surface area contributed by atoms with Crippen molar-refractivity contribution in [3.8, 4) is 6.07 Å². The zero-order valence-electron chi connectivity index (χ0n) is 13.6. The molecule has 2 amide bonds. The summed E-state index contributed by atoms with van der Waals surface area (Å²) in [6.45, 7) is 3.53. The van der Waals surface area contributed by atoms with E-state index in [-0.39, 0.29) is 6.03 Å². The number of anilines is 2. The average Bonchev–Trinajstić information content (AvgIpc) is 2.91. The Balaban J connectivity index is 1.51. The van der Waals surface area contributed by atoms with Gasteiger partial charge in [0, 0.05) is 30.5 Å². The number of rotatable bonds is 4. The van der Waals surface area contributed by atoms with Crippen molar-refractivity contribution in [2.45, 2.75) is 19.4 Å². The molecule has 1 aliphatic rings. The number of hydrogen-bond donors (Lipinski definition) is 2. The Morgan fingerprint density at radius 1 is 1.29 bits per heavy atom. The molecule has 0 fully saturated rings. The van der Waals surface area contributed by atoms with E-state index in [1.165, 1.54) is 11.3 Å². The number of para-hydroxylation sites is 1. The van der Waals surface area contributed by atoms with Crippen LogP contribution in [0.25, 0.3) is 0 Å². The molecular weight excluding hydrogens is 300 g/mol. The SMILES string of the molecule is CC1Cc2ccccc2N1CCNC(=O)Nc1cccc(C#N)c1. The molecule has 0 bridgehead atoms. The number of nitrogens with one attached hydrogen (secondary N) is 2. The highest BCUT2D eigenvalue weighted by Gasteiger charge is 2.24. The second kappa shape index (κ2) is 7.05. The first kappa shape index (κ1) is 15.9. The van der Waals surface area contributed by atoms with Crippen molar-refractivity contribution >= 4 is 17.4 Å². The number of benzene rings is 2. The highest BCUT2D eigenvalue weighted by Crippen LogP contribution is 2.31. The van der Waals surface area contributed by atoms with Gasteiger partial charge in [-0.2, -0.15) is 5.26 Å². The molecule has 1 unspecified atom stereocenters. The highest BCUT2D eigenvalue weighted by molar-refractivity contribution is 5.89. The van der Waals surface area contributed by atoms with Gasteiger partial charge in [0.2, 0.25) is 0 Å². The summed E-state index contributed by atoms with van der Waals surface area (Å²) in [5, 5.41) is 14.5. The number of amides is 2. The van der Waals surface area contributed by atoms with E-state index in [4.69, 9.17) is 5.26 Å². The molecule has 2 N–H and O–H groups in total. The minimum atomic E-state index is -0.259. The lowest BCUT2D eigenvalue weighted by Crippen LogP contribution is -2.39. The second-order valence-electron chi connectivity index (χ2n) is 5.95. The van der Waals surface area contributed by atoms with Crippen molar-refractivity contribution < 1.29 is 4.79 Å². The number of carbonyl (C=O) groups is 1. The third kappa shape index (κ3) is 3.49. The van der Waals surface area contributed by atoms with Crippen LogP contribution in [0, 0.1) is 11.3 Å². The van der Waals surface area contributed by atoms with Crippen molar-refractivity contribution in [3.63, 3.8) is 0 Å². The number of fused-ring (bicyclic) bond motifs is 1. The summed E-state index contributed by atoms with van der Waals surface area (Å²) in [5.74, 6) is 0. The predicted octanol–water partition coefficient (Wildman–Crippen LogP) is 3.13. The van der Waals surface area contributed by atoms with Crippen molar-refractivity contribution in [2.75, 3.05) is 23.3 Å². The van der Waals surface area contributed by atoms with Crippen LogP contribution in [0.4, 0.5) is 16.2 Å². The first-order valence-corrected chi connectivity index (χ1v) is 8.07. The van der Waals surface area contributed by atoms with Crippen LogP contribution in [-0.2, 0) is 6.42 Å². The summed E-state index contributed by atoms with van der Waals surface area (Å²) in [5.41, 5.74) is 3.76. The molecule has 5 nitrogen and oxygen atoms in total. The molecule has 0 saturated carbocycles. The number of nitrogens with zero attached hydrogens (tertiary/aromatic N) is 2. The Labute approximate surface area is 141 Å². The van der Waals surface area contributed by atoms with E-state index in [1.54, 1.807) is 24.3 Å². The summed E-state index contributed by atoms with van der Waals surface area (Å²) < 4.78 is 0. The molecule has 5 heteroatoms. The Bertz CT molecular complexity index is 781. The van der Waals surface area contributed by atoms with Gasteiger partial charge in [-0.3, -0.25) is 0 Å². The van der Waals surface area contributed by atoms with Gasteiger partial charge in [-0.15, -0.1) is 0 Å². The largest absolute Gasteiger partial charge is 0.367 e. The normalized spacial score (nSPS) is 15.5. The molecule has 0 saturated heterocycles. The maximum absolute atomic E-state index is 12.0. The van der Waals surface area contributed by atoms with Crippen molar-refractivity contribution in [1.29, 1.82) is 5.26 Å². The van der Waals surface area contributed by atoms with Gasteiger partial charge in [-0.1, -0.05) is 24.3 Å². The average molecular weight is 320 g/mol. The molecule has 1 aliphatic heterocycles. The number of urea groups is 1. The van der Waals surface area contributed by atoms with E-state index >= 15 is 0 Å². The van der Waals surface area contributed by atoms with Gasteiger partial charge in [0.05, 0.1) is 11.6 Å². The second-order valence-corrected chi connectivity index (χ2v) is 5.95. The summed E-state index contributed by atoms with van der Waals surface area (Å²) in [4.78, 5) is 14.3. The van der Waals surface area contributed by atoms with E-state index in [2.05, 4.69) is 46.7 Å². The van der Waals surface area contributed by atoms with Crippen LogP contribution in [0.3, 0.4) is 0 Å². The van der Waals surface area contributed by atoms with E-state index in [1.807, 2.05) is 6.07 Å². The fraction of sp³-hybridized carbons (Fsp3) is 0.263. The van der Waals surface area contributed by atoms with E-state index in [9.17, 15) is 4.79 Å². The fourth-order valence-electron chi connectivity index (χ4n) is 3.10. The molecule has 1 heterocycles. The molecule has 2 aromatic rings. The molecule has 3 rings (SSSR count). The van der Waals surface area contributed by atoms with E-state index in [0.29, 0.717) is 23.8 Å². The first-order valence-electron chi connectivity index (χ1n) is 8.07. The molecule has 2 aromatic carbocycles. The first-order chi connectivity index (χ1) is 11.7. The fourth-order valence-corrected chi connectivity index (χ4v) is 3.10. The summed E-state index contributed by atoms with van der Waals surface area (Å²) in [7, 11) is 0. The van der Waals surface area contributed by atoms with Crippen LogP contribution in [0.2, 0.25) is 0 Å². The molecule has 0 aromatic heterocycles. The van der Waals surface area contributed by atoms with Crippen molar-refractivity contribution in [3.05, 3.63) is 59.7 Å². The molecule has 0 radical (unpaired) electrons. The lowest BCUT2D eigenvalue weighted by molar-refractivity contribution is 0.252. The third-order valence-electron chi connectivity index (χ3n) is 4.24. The summed E-state index contributed by atoms with van der Waals surface area (Å²) in [6, 6.07) is 17.5. The van der Waals surface area contributed by atoms with Crippen LogP contribution in [-0.4, -0.2) is 25.2 Å². The van der Waals surface area contributed by atoms with Crippen molar-refractivity contribution in [1.82, 2.24) is 5.32 Å². The smallest absolute Gasteiger partial charge is 0.319 e. The Morgan fingerprint density at radius 2 is 2.12 bits per heavy atom. The molecule has 0 spiro atoms. The van der Waals surface area contributed by atoms with Gasteiger partial charge in [0.1, 0.15) is 0 Å². The summed E-state index contributed by atoms with van der Waals surface area (Å²) in [6.07, 6.45) is 1.04. The summed E-state index contributed by atoms with van der Waals surface area (Å²) >= 11 is 0. The van der Waals surface area contributed by atoms with Crippen molar-refractivity contribution in [2.24, 2.45) is 0 Å². The minimum absolute atomic E-state index is 0.259. The van der Waals surface area contributed by atoms with Gasteiger partial charge >= 0.3 is 6.03 Å². The number of hydrogen-bond acceptors (Lipinski definition) is 3. The lowest BCUT2D eigenvalue weighted by Gasteiger charge is -2.25. The van der Waals surface area contributed by atoms with Gasteiger partial charge in [0.15, 0.2) is 0 Å². The lowest BCUT2D eigenvalue weighted by atomic mass is 10.1. The molecule has 0 aliphatic carbocycles. The van der Waals surface area contributed by atoms with Crippen LogP contribution >= 0.6 is 0 Å². The predicted molar refractivity (Wildman–Crippen MR) is 95.1 cm³/mol. The van der Waals surface area contributed by atoms with E-state index < -0.39 is 0 Å². The van der Waals surface area contributed by atoms with E-state index in [0.717, 1.165) is 13.0 Å². The topological polar surface area (TPSA) is 68.2 Å². The standard InChI is InChI=1S/C19H20N4O/c1-14-11-16-6-2-3-8-18(16)23(14)10-9-21-19(24)22-17-7-4-5-15(12-17)13-20/h2-8,12,14H,9-11H2,1H3,(H2,21,22,24). The Kier molecular flexibility index (Phi) is 4.66. The van der Waals surface area contributed by atoms with Gasteiger partial charge in [-0.25, -0.2) is 4.79 Å². The monoisotopic (exact) mass is 320 g/mol. The van der Waals surface area contributed by atoms with Gasteiger partial charge < -0.3 is 15.5 Å². The van der Waals surface area contributed by atoms with Crippen LogP contribution in [0.15, 0.2) is 48.5 Å². The zero-order valence-corrected chi connectivity index (χ0v) is 13.6. The number of carbonyl (C=O) groups excluding carboxylic acids is 1. The molecular formula is C19H20N4O. The minimum Gasteiger partial charge on any atom is -0.367 e. The number of nitriles is 1. The maximum Gasteiger partial charge on any atom is 0.319 e. The maximum atomic E-state index is 12.0. The van der Waals surface area contributed by atoms with Crippen LogP contribution < -0.4 is 15.5 Å². The van der Waals surface area contributed by atoms with Crippen LogP contribution in [0.5, 0.6) is 0 Å². The zero-order chi connectivity index (χ0) is 16.9. The molecule has 24 heavy (non-hydrogen) atoms.